The number of nitrogens with one attached hydrogen (secondary N) is 1. The molecule has 160 valence electrons. The summed E-state index contributed by atoms with van der Waals surface area (Å²) in [7, 11) is 0. The van der Waals surface area contributed by atoms with Gasteiger partial charge in [0.2, 0.25) is 0 Å². The van der Waals surface area contributed by atoms with Crippen LogP contribution >= 0.6 is 0 Å². The maximum atomic E-state index is 12.7. The van der Waals surface area contributed by atoms with E-state index in [9.17, 15) is 4.79 Å². The Morgan fingerprint density at radius 3 is 2.45 bits per heavy atom. The SMILES string of the molecule is C=C(C)Nc1ccn(C(=O)N2CCN(Cc3ccc(-c4ccccc4)cc3C)CC2)n1. The van der Waals surface area contributed by atoms with Crippen LogP contribution in [0.2, 0.25) is 0 Å². The highest BCUT2D eigenvalue weighted by molar-refractivity contribution is 5.76. The van der Waals surface area contributed by atoms with Crippen molar-refractivity contribution in [3.63, 3.8) is 0 Å². The van der Waals surface area contributed by atoms with Crippen molar-refractivity contribution in [3.8, 4) is 11.1 Å². The standard InChI is InChI=1S/C25H29N5O/c1-19(2)26-24-11-12-30(27-24)25(31)29-15-13-28(14-16-29)18-23-10-9-22(17-20(23)3)21-7-5-4-6-8-21/h4-12,17H,1,13-16,18H2,2-3H3,(H,26,27). The summed E-state index contributed by atoms with van der Waals surface area (Å²) in [6.45, 7) is 11.8. The van der Waals surface area contributed by atoms with Crippen LogP contribution in [-0.2, 0) is 6.54 Å². The number of allylic oxidation sites excluding steroid dienone is 1. The molecule has 0 saturated carbocycles. The van der Waals surface area contributed by atoms with Crippen LogP contribution < -0.4 is 5.32 Å². The summed E-state index contributed by atoms with van der Waals surface area (Å²) in [4.78, 5) is 17.0. The van der Waals surface area contributed by atoms with Crippen molar-refractivity contribution in [1.82, 2.24) is 19.6 Å². The summed E-state index contributed by atoms with van der Waals surface area (Å²) in [5.41, 5.74) is 5.91. The quantitative estimate of drug-likeness (QED) is 0.662. The van der Waals surface area contributed by atoms with Gasteiger partial charge in [-0.1, -0.05) is 55.1 Å². The lowest BCUT2D eigenvalue weighted by Gasteiger charge is -2.34. The first-order chi connectivity index (χ1) is 15.0. The summed E-state index contributed by atoms with van der Waals surface area (Å²) >= 11 is 0. The van der Waals surface area contributed by atoms with E-state index >= 15 is 0 Å². The number of rotatable bonds is 5. The molecule has 1 aliphatic heterocycles. The summed E-state index contributed by atoms with van der Waals surface area (Å²) in [6, 6.07) is 18.9. The predicted octanol–water partition coefficient (Wildman–Crippen LogP) is 4.59. The number of aromatic nitrogens is 2. The molecule has 31 heavy (non-hydrogen) atoms. The van der Waals surface area contributed by atoms with Gasteiger partial charge in [0.1, 0.15) is 0 Å². The minimum Gasteiger partial charge on any atom is -0.343 e. The van der Waals surface area contributed by atoms with Crippen molar-refractivity contribution in [2.45, 2.75) is 20.4 Å². The van der Waals surface area contributed by atoms with Gasteiger partial charge in [-0.3, -0.25) is 4.90 Å². The van der Waals surface area contributed by atoms with Crippen molar-refractivity contribution in [2.75, 3.05) is 31.5 Å². The van der Waals surface area contributed by atoms with E-state index in [1.807, 2.05) is 17.9 Å². The molecule has 0 unspecified atom stereocenters. The Kier molecular flexibility index (Phi) is 6.18. The average molecular weight is 416 g/mol. The molecular formula is C25H29N5O. The van der Waals surface area contributed by atoms with Crippen LogP contribution in [0.4, 0.5) is 10.6 Å². The van der Waals surface area contributed by atoms with E-state index in [0.29, 0.717) is 18.9 Å². The number of carbonyl (C=O) groups excluding carboxylic acids is 1. The van der Waals surface area contributed by atoms with Crippen molar-refractivity contribution in [2.24, 2.45) is 0 Å². The van der Waals surface area contributed by atoms with Crippen LogP contribution in [0.3, 0.4) is 0 Å². The van der Waals surface area contributed by atoms with Crippen LogP contribution in [-0.4, -0.2) is 51.8 Å². The lowest BCUT2D eigenvalue weighted by atomic mass is 9.99. The van der Waals surface area contributed by atoms with Crippen LogP contribution in [0, 0.1) is 6.92 Å². The molecule has 1 aliphatic rings. The largest absolute Gasteiger partial charge is 0.344 e. The number of hydrogen-bond acceptors (Lipinski definition) is 4. The smallest absolute Gasteiger partial charge is 0.343 e. The molecule has 0 bridgehead atoms. The molecule has 1 saturated heterocycles. The minimum atomic E-state index is -0.0854. The summed E-state index contributed by atoms with van der Waals surface area (Å²) in [5.74, 6) is 0.633. The zero-order chi connectivity index (χ0) is 21.8. The van der Waals surface area contributed by atoms with Gasteiger partial charge in [0.15, 0.2) is 5.82 Å². The van der Waals surface area contributed by atoms with E-state index in [0.717, 1.165) is 25.3 Å². The molecule has 1 N–H and O–H groups in total. The summed E-state index contributed by atoms with van der Waals surface area (Å²) in [6.07, 6.45) is 1.69. The fraction of sp³-hybridized carbons (Fsp3) is 0.280. The number of amides is 1. The lowest BCUT2D eigenvalue weighted by Crippen LogP contribution is -2.49. The first-order valence-electron chi connectivity index (χ1n) is 10.6. The van der Waals surface area contributed by atoms with Crippen molar-refractivity contribution in [3.05, 3.63) is 84.2 Å². The van der Waals surface area contributed by atoms with Crippen molar-refractivity contribution >= 4 is 11.8 Å². The van der Waals surface area contributed by atoms with E-state index in [1.54, 1.807) is 12.3 Å². The summed E-state index contributed by atoms with van der Waals surface area (Å²) < 4.78 is 1.40. The molecule has 2 heterocycles. The van der Waals surface area contributed by atoms with E-state index in [-0.39, 0.29) is 6.03 Å². The first kappa shape index (κ1) is 20.9. The van der Waals surface area contributed by atoms with Crippen LogP contribution in [0.15, 0.2) is 73.1 Å². The Hall–Kier alpha value is -3.38. The van der Waals surface area contributed by atoms with Crippen molar-refractivity contribution < 1.29 is 4.79 Å². The summed E-state index contributed by atoms with van der Waals surface area (Å²) in [5, 5.41) is 7.33. The molecule has 6 heteroatoms. The van der Waals surface area contributed by atoms with Gasteiger partial charge in [0, 0.05) is 50.7 Å². The molecule has 0 spiro atoms. The number of benzene rings is 2. The van der Waals surface area contributed by atoms with E-state index in [2.05, 4.69) is 71.3 Å². The van der Waals surface area contributed by atoms with E-state index < -0.39 is 0 Å². The second-order valence-electron chi connectivity index (χ2n) is 8.10. The molecule has 1 fully saturated rings. The Morgan fingerprint density at radius 2 is 1.77 bits per heavy atom. The van der Waals surface area contributed by atoms with Crippen LogP contribution in [0.25, 0.3) is 11.1 Å². The monoisotopic (exact) mass is 415 g/mol. The van der Waals surface area contributed by atoms with Gasteiger partial charge in [-0.2, -0.15) is 4.68 Å². The number of carbonyl (C=O) groups is 1. The zero-order valence-electron chi connectivity index (χ0n) is 18.2. The highest BCUT2D eigenvalue weighted by Crippen LogP contribution is 2.23. The van der Waals surface area contributed by atoms with Gasteiger partial charge in [-0.25, -0.2) is 4.79 Å². The Balaban J connectivity index is 1.33. The van der Waals surface area contributed by atoms with Gasteiger partial charge in [0.05, 0.1) is 0 Å². The highest BCUT2D eigenvalue weighted by atomic mass is 16.2. The molecule has 0 atom stereocenters. The van der Waals surface area contributed by atoms with Crippen molar-refractivity contribution in [1.29, 1.82) is 0 Å². The van der Waals surface area contributed by atoms with Crippen LogP contribution in [0.1, 0.15) is 18.1 Å². The Morgan fingerprint density at radius 1 is 1.03 bits per heavy atom. The minimum absolute atomic E-state index is 0.0854. The molecule has 0 radical (unpaired) electrons. The van der Waals surface area contributed by atoms with Gasteiger partial charge in [-0.05, 0) is 36.1 Å². The molecular weight excluding hydrogens is 386 g/mol. The topological polar surface area (TPSA) is 53.4 Å². The second kappa shape index (κ2) is 9.18. The Bertz CT molecular complexity index is 1060. The molecule has 1 aromatic heterocycles. The number of aryl methyl sites for hydroxylation is 1. The Labute approximate surface area is 183 Å². The third-order valence-electron chi connectivity index (χ3n) is 5.61. The highest BCUT2D eigenvalue weighted by Gasteiger charge is 2.23. The third kappa shape index (κ3) is 5.03. The molecule has 2 aromatic carbocycles. The zero-order valence-corrected chi connectivity index (χ0v) is 18.2. The van der Waals surface area contributed by atoms with Gasteiger partial charge in [-0.15, -0.1) is 5.10 Å². The number of anilines is 1. The second-order valence-corrected chi connectivity index (χ2v) is 8.10. The average Bonchev–Trinajstić information content (AvgIpc) is 3.23. The van der Waals surface area contributed by atoms with E-state index in [1.165, 1.54) is 26.9 Å². The molecule has 6 nitrogen and oxygen atoms in total. The molecule has 0 aliphatic carbocycles. The number of hydrogen-bond donors (Lipinski definition) is 1. The van der Waals surface area contributed by atoms with E-state index in [4.69, 9.17) is 0 Å². The van der Waals surface area contributed by atoms with Gasteiger partial charge >= 0.3 is 6.03 Å². The fourth-order valence-corrected chi connectivity index (χ4v) is 3.88. The third-order valence-corrected chi connectivity index (χ3v) is 5.61. The number of nitrogens with zero attached hydrogens (tertiary/aromatic N) is 4. The van der Waals surface area contributed by atoms with Gasteiger partial charge < -0.3 is 10.2 Å². The first-order valence-corrected chi connectivity index (χ1v) is 10.6. The van der Waals surface area contributed by atoms with Crippen LogP contribution in [0.5, 0.6) is 0 Å². The molecule has 3 aromatic rings. The molecule has 1 amide bonds. The van der Waals surface area contributed by atoms with Gasteiger partial charge in [0.25, 0.3) is 0 Å². The maximum Gasteiger partial charge on any atom is 0.344 e. The fourth-order valence-electron chi connectivity index (χ4n) is 3.88. The number of piperazine rings is 1. The lowest BCUT2D eigenvalue weighted by molar-refractivity contribution is 0.134. The normalized spacial score (nSPS) is 14.5. The maximum absolute atomic E-state index is 12.7. The predicted molar refractivity (Wildman–Crippen MR) is 125 cm³/mol. The molecule has 4 rings (SSSR count).